The highest BCUT2D eigenvalue weighted by molar-refractivity contribution is 6.04. The molecule has 1 unspecified atom stereocenters. The Morgan fingerprint density at radius 1 is 0.851 bits per heavy atom. The van der Waals surface area contributed by atoms with E-state index < -0.39 is 6.23 Å². The third-order valence-corrected chi connectivity index (χ3v) is 10.0. The second-order valence-electron chi connectivity index (χ2n) is 13.5. The fourth-order valence-corrected chi connectivity index (χ4v) is 7.28. The molecule has 0 aromatic heterocycles. The molecule has 2 fully saturated rings. The van der Waals surface area contributed by atoms with Gasteiger partial charge in [0.1, 0.15) is 17.7 Å². The zero-order chi connectivity index (χ0) is 33.4. The van der Waals surface area contributed by atoms with Crippen molar-refractivity contribution in [3.8, 4) is 11.5 Å². The monoisotopic (exact) mass is 640 g/mol. The molecule has 47 heavy (non-hydrogen) atoms. The minimum absolute atomic E-state index is 0.000993. The molecule has 0 radical (unpaired) electrons. The quantitative estimate of drug-likeness (QED) is 0.248. The number of aliphatic hydroxyl groups excluding tert-OH is 1. The lowest BCUT2D eigenvalue weighted by molar-refractivity contribution is 0.0497. The Bertz CT molecular complexity index is 1640. The summed E-state index contributed by atoms with van der Waals surface area (Å²) in [5, 5.41) is 11.5. The van der Waals surface area contributed by atoms with Crippen molar-refractivity contribution in [2.45, 2.75) is 98.0 Å². The van der Waals surface area contributed by atoms with Crippen LogP contribution in [0.2, 0.25) is 0 Å². The molecule has 2 aromatic rings. The minimum Gasteiger partial charge on any atom is -0.493 e. The van der Waals surface area contributed by atoms with Crippen molar-refractivity contribution in [3.05, 3.63) is 69.8 Å². The van der Waals surface area contributed by atoms with Crippen LogP contribution in [0, 0.1) is 13.8 Å². The number of hydrogen-bond acceptors (Lipinski definition) is 7. The Labute approximate surface area is 278 Å². The summed E-state index contributed by atoms with van der Waals surface area (Å²) in [6, 6.07) is 7.40. The first kappa shape index (κ1) is 32.8. The summed E-state index contributed by atoms with van der Waals surface area (Å²) < 4.78 is 12.4. The molecule has 4 aliphatic heterocycles. The van der Waals surface area contributed by atoms with Crippen LogP contribution in [0.1, 0.15) is 91.6 Å². The number of fused-ring (bicyclic) bond motifs is 4. The number of aliphatic imine (C=N–C) groups is 1. The van der Waals surface area contributed by atoms with Crippen molar-refractivity contribution >= 4 is 29.4 Å². The molecule has 0 saturated carbocycles. The summed E-state index contributed by atoms with van der Waals surface area (Å²) in [6.45, 7) is 14.4. The van der Waals surface area contributed by atoms with Crippen LogP contribution < -0.4 is 14.4 Å². The lowest BCUT2D eigenvalue weighted by Crippen LogP contribution is -2.50. The molecular formula is C38H48N4O5. The number of rotatable bonds is 9. The summed E-state index contributed by atoms with van der Waals surface area (Å²) in [6.07, 6.45) is 9.41. The van der Waals surface area contributed by atoms with E-state index in [1.165, 1.54) is 11.1 Å². The second-order valence-corrected chi connectivity index (χ2v) is 13.5. The molecule has 0 spiro atoms. The zero-order valence-electron chi connectivity index (χ0n) is 28.6. The summed E-state index contributed by atoms with van der Waals surface area (Å²) >= 11 is 0. The maximum Gasteiger partial charge on any atom is 0.256 e. The van der Waals surface area contributed by atoms with Gasteiger partial charge in [-0.1, -0.05) is 23.3 Å². The fourth-order valence-electron chi connectivity index (χ4n) is 7.28. The number of benzene rings is 2. The van der Waals surface area contributed by atoms with Crippen molar-refractivity contribution in [2.24, 2.45) is 4.99 Å². The van der Waals surface area contributed by atoms with Crippen molar-refractivity contribution in [1.82, 2.24) is 9.80 Å². The van der Waals surface area contributed by atoms with E-state index in [-0.39, 0.29) is 29.9 Å². The van der Waals surface area contributed by atoms with Crippen LogP contribution in [0.5, 0.6) is 11.5 Å². The lowest BCUT2D eigenvalue weighted by atomic mass is 10.0. The topological polar surface area (TPSA) is 94.9 Å². The van der Waals surface area contributed by atoms with E-state index in [2.05, 4.69) is 17.1 Å². The van der Waals surface area contributed by atoms with E-state index in [0.29, 0.717) is 49.5 Å². The van der Waals surface area contributed by atoms with Crippen LogP contribution in [0.4, 0.5) is 11.4 Å². The third kappa shape index (κ3) is 6.30. The van der Waals surface area contributed by atoms with Gasteiger partial charge < -0.3 is 29.3 Å². The van der Waals surface area contributed by atoms with Crippen LogP contribution in [-0.4, -0.2) is 83.6 Å². The molecule has 6 rings (SSSR count). The van der Waals surface area contributed by atoms with E-state index in [9.17, 15) is 14.7 Å². The number of ether oxygens (including phenoxy) is 2. The summed E-state index contributed by atoms with van der Waals surface area (Å²) in [7, 11) is 0. The molecule has 1 N–H and O–H groups in total. The van der Waals surface area contributed by atoms with E-state index in [0.717, 1.165) is 54.0 Å². The highest BCUT2D eigenvalue weighted by Gasteiger charge is 2.44. The summed E-state index contributed by atoms with van der Waals surface area (Å²) in [5.41, 5.74) is 6.94. The largest absolute Gasteiger partial charge is 0.493 e. The van der Waals surface area contributed by atoms with Gasteiger partial charge in [-0.15, -0.1) is 0 Å². The van der Waals surface area contributed by atoms with Gasteiger partial charge in [-0.25, -0.2) is 0 Å². The van der Waals surface area contributed by atoms with Crippen molar-refractivity contribution in [3.63, 3.8) is 0 Å². The molecule has 4 heterocycles. The van der Waals surface area contributed by atoms with Crippen LogP contribution in [0.25, 0.3) is 0 Å². The average Bonchev–Trinajstić information content (AvgIpc) is 3.64. The number of carbonyl (C=O) groups is 2. The van der Waals surface area contributed by atoms with Gasteiger partial charge in [-0.3, -0.25) is 14.6 Å². The summed E-state index contributed by atoms with van der Waals surface area (Å²) in [5.74, 6) is 1.49. The molecule has 9 nitrogen and oxygen atoms in total. The maximum atomic E-state index is 13.7. The van der Waals surface area contributed by atoms with Crippen molar-refractivity contribution in [1.29, 1.82) is 0 Å². The first-order valence-electron chi connectivity index (χ1n) is 17.1. The maximum absolute atomic E-state index is 13.7. The first-order valence-corrected chi connectivity index (χ1v) is 17.1. The van der Waals surface area contributed by atoms with E-state index in [4.69, 9.17) is 9.47 Å². The molecular weight excluding hydrogens is 592 g/mol. The van der Waals surface area contributed by atoms with Gasteiger partial charge in [-0.2, -0.15) is 0 Å². The molecule has 250 valence electrons. The fraction of sp³-hybridized carbons (Fsp3) is 0.500. The minimum atomic E-state index is -0.799. The molecule has 2 aromatic carbocycles. The van der Waals surface area contributed by atoms with Crippen LogP contribution in [0.3, 0.4) is 0 Å². The molecule has 9 heteroatoms. The normalized spacial score (nSPS) is 23.7. The predicted molar refractivity (Wildman–Crippen MR) is 185 cm³/mol. The van der Waals surface area contributed by atoms with Crippen LogP contribution >= 0.6 is 0 Å². The highest BCUT2D eigenvalue weighted by atomic mass is 16.5. The Morgan fingerprint density at radius 2 is 1.45 bits per heavy atom. The Hall–Kier alpha value is -4.11. The van der Waals surface area contributed by atoms with Crippen LogP contribution in [-0.2, 0) is 0 Å². The number of aliphatic hydroxyl groups is 1. The van der Waals surface area contributed by atoms with Gasteiger partial charge >= 0.3 is 0 Å². The van der Waals surface area contributed by atoms with Crippen LogP contribution in [0.15, 0.2) is 52.6 Å². The third-order valence-electron chi connectivity index (χ3n) is 10.0. The molecule has 3 atom stereocenters. The SMILES string of the molecule is CC=C1C[C@H]2C=Nc3cc(OCCCCCOc4cc5c(cc4C)C(=O)N4CC(=CC)C[C@H]4C(O)N5C(C)C)c(C)cc3C(=O)N2C1. The number of hydrogen-bond donors (Lipinski definition) is 1. The number of carbonyl (C=O) groups excluding carboxylic acids is 2. The Balaban J connectivity index is 1.04. The standard InChI is InChI=1S/C38H48N4O5/c1-7-26-16-28-20-39-31-18-34(24(5)14-29(31)36(43)40(28)21-26)46-12-10-9-11-13-47-35-19-32-30(15-25(35)6)37(44)41-22-27(8-2)17-33(41)38(45)42(32)23(3)4/h7-8,14-15,18-20,23,28,33,38,45H,9-13,16-17,21-22H2,1-6H3/t28-,33-,38?/m0/s1. The number of amides is 2. The molecule has 0 aliphatic carbocycles. The van der Waals surface area contributed by atoms with Gasteiger partial charge in [0.15, 0.2) is 0 Å². The number of allylic oxidation sites excluding steroid dienone is 2. The van der Waals surface area contributed by atoms with Gasteiger partial charge in [0, 0.05) is 37.5 Å². The van der Waals surface area contributed by atoms with E-state index in [1.54, 1.807) is 0 Å². The lowest BCUT2D eigenvalue weighted by Gasteiger charge is -2.36. The summed E-state index contributed by atoms with van der Waals surface area (Å²) in [4.78, 5) is 37.3. The zero-order valence-corrected chi connectivity index (χ0v) is 28.6. The van der Waals surface area contributed by atoms with Crippen molar-refractivity contribution < 1.29 is 24.2 Å². The van der Waals surface area contributed by atoms with E-state index in [1.807, 2.05) is 86.7 Å². The number of anilines is 1. The smallest absolute Gasteiger partial charge is 0.256 e. The second kappa shape index (κ2) is 13.6. The Morgan fingerprint density at radius 3 is 2.11 bits per heavy atom. The average molecular weight is 641 g/mol. The van der Waals surface area contributed by atoms with Gasteiger partial charge in [-0.05, 0) is 96.9 Å². The Kier molecular flexibility index (Phi) is 9.46. The molecule has 4 aliphatic rings. The number of unbranched alkanes of at least 4 members (excludes halogenated alkanes) is 2. The predicted octanol–water partition coefficient (Wildman–Crippen LogP) is 6.52. The molecule has 2 amide bonds. The number of nitrogens with zero attached hydrogens (tertiary/aromatic N) is 4. The first-order chi connectivity index (χ1) is 22.6. The van der Waals surface area contributed by atoms with E-state index >= 15 is 0 Å². The molecule has 0 bridgehead atoms. The number of aryl methyl sites for hydroxylation is 2. The van der Waals surface area contributed by atoms with Gasteiger partial charge in [0.2, 0.25) is 0 Å². The van der Waals surface area contributed by atoms with Gasteiger partial charge in [0.05, 0.1) is 47.8 Å². The highest BCUT2D eigenvalue weighted by Crippen LogP contribution is 2.40. The van der Waals surface area contributed by atoms with Crippen molar-refractivity contribution in [2.75, 3.05) is 31.2 Å². The molecule has 2 saturated heterocycles. The van der Waals surface area contributed by atoms with Gasteiger partial charge in [0.25, 0.3) is 11.8 Å².